The number of imide groups is 1. The summed E-state index contributed by atoms with van der Waals surface area (Å²) in [4.78, 5) is 26.8. The Labute approximate surface area is 106 Å². The second-order valence-electron chi connectivity index (χ2n) is 3.93. The van der Waals surface area contributed by atoms with Crippen molar-refractivity contribution in [1.82, 2.24) is 20.9 Å². The SMILES string of the molecule is CNC(=O)NC(=O)C(C)N[C@H](C)c1ccccn1. The molecule has 1 unspecified atom stereocenters. The first kappa shape index (κ1) is 14.1. The van der Waals surface area contributed by atoms with Crippen molar-refractivity contribution in [3.05, 3.63) is 30.1 Å². The minimum absolute atomic E-state index is 0.0726. The number of amides is 3. The predicted molar refractivity (Wildman–Crippen MR) is 67.8 cm³/mol. The molecule has 1 rings (SSSR count). The molecule has 1 heterocycles. The molecule has 2 atom stereocenters. The molecule has 0 fully saturated rings. The van der Waals surface area contributed by atoms with Gasteiger partial charge < -0.3 is 5.32 Å². The number of nitrogens with zero attached hydrogens (tertiary/aromatic N) is 1. The molecule has 0 aromatic carbocycles. The van der Waals surface area contributed by atoms with Gasteiger partial charge in [-0.2, -0.15) is 0 Å². The summed E-state index contributed by atoms with van der Waals surface area (Å²) in [5.41, 5.74) is 0.845. The van der Waals surface area contributed by atoms with E-state index in [4.69, 9.17) is 0 Å². The van der Waals surface area contributed by atoms with Gasteiger partial charge in [-0.1, -0.05) is 6.07 Å². The van der Waals surface area contributed by atoms with Gasteiger partial charge in [-0.25, -0.2) is 4.79 Å². The Bertz CT molecular complexity index is 408. The average molecular weight is 250 g/mol. The van der Waals surface area contributed by atoms with Crippen molar-refractivity contribution in [1.29, 1.82) is 0 Å². The minimum atomic E-state index is -0.515. The van der Waals surface area contributed by atoms with Gasteiger partial charge in [-0.05, 0) is 26.0 Å². The number of hydrogen-bond donors (Lipinski definition) is 3. The van der Waals surface area contributed by atoms with Crippen LogP contribution < -0.4 is 16.0 Å². The molecule has 3 N–H and O–H groups in total. The molecular weight excluding hydrogens is 232 g/mol. The van der Waals surface area contributed by atoms with Gasteiger partial charge in [0.25, 0.3) is 0 Å². The fourth-order valence-corrected chi connectivity index (χ4v) is 1.45. The van der Waals surface area contributed by atoms with Gasteiger partial charge in [0.15, 0.2) is 0 Å². The number of carbonyl (C=O) groups excluding carboxylic acids is 2. The third-order valence-electron chi connectivity index (χ3n) is 2.49. The Kier molecular flexibility index (Phi) is 5.26. The lowest BCUT2D eigenvalue weighted by molar-refractivity contribution is -0.121. The van der Waals surface area contributed by atoms with Crippen molar-refractivity contribution < 1.29 is 9.59 Å². The molecule has 0 radical (unpaired) electrons. The lowest BCUT2D eigenvalue weighted by atomic mass is 10.2. The summed E-state index contributed by atoms with van der Waals surface area (Å²) in [5.74, 6) is -0.378. The number of carbonyl (C=O) groups is 2. The molecule has 1 aromatic heterocycles. The summed E-state index contributed by atoms with van der Waals surface area (Å²) < 4.78 is 0. The molecule has 1 aromatic rings. The van der Waals surface area contributed by atoms with Gasteiger partial charge in [0.05, 0.1) is 11.7 Å². The van der Waals surface area contributed by atoms with E-state index in [1.807, 2.05) is 25.1 Å². The number of hydrogen-bond acceptors (Lipinski definition) is 4. The van der Waals surface area contributed by atoms with Crippen LogP contribution in [0.3, 0.4) is 0 Å². The third kappa shape index (κ3) is 4.14. The first-order valence-electron chi connectivity index (χ1n) is 5.74. The van der Waals surface area contributed by atoms with Gasteiger partial charge in [-0.15, -0.1) is 0 Å². The smallest absolute Gasteiger partial charge is 0.321 e. The maximum Gasteiger partial charge on any atom is 0.321 e. The quantitative estimate of drug-likeness (QED) is 0.730. The molecule has 6 heteroatoms. The highest BCUT2D eigenvalue weighted by atomic mass is 16.2. The van der Waals surface area contributed by atoms with Gasteiger partial charge in [-0.3, -0.25) is 20.4 Å². The molecule has 0 bridgehead atoms. The zero-order chi connectivity index (χ0) is 13.5. The van der Waals surface area contributed by atoms with E-state index in [2.05, 4.69) is 20.9 Å². The molecule has 3 amide bonds. The van der Waals surface area contributed by atoms with E-state index in [1.165, 1.54) is 7.05 Å². The van der Waals surface area contributed by atoms with Crippen LogP contribution in [0.2, 0.25) is 0 Å². The van der Waals surface area contributed by atoms with E-state index in [0.29, 0.717) is 0 Å². The largest absolute Gasteiger partial charge is 0.341 e. The van der Waals surface area contributed by atoms with Crippen molar-refractivity contribution in [3.8, 4) is 0 Å². The van der Waals surface area contributed by atoms with Gasteiger partial charge >= 0.3 is 6.03 Å². The number of aromatic nitrogens is 1. The van der Waals surface area contributed by atoms with Crippen LogP contribution in [0, 0.1) is 0 Å². The Balaban J connectivity index is 2.52. The second-order valence-corrected chi connectivity index (χ2v) is 3.93. The van der Waals surface area contributed by atoms with Crippen LogP contribution in [0.15, 0.2) is 24.4 Å². The topological polar surface area (TPSA) is 83.1 Å². The lowest BCUT2D eigenvalue weighted by Gasteiger charge is -2.18. The fourth-order valence-electron chi connectivity index (χ4n) is 1.45. The average Bonchev–Trinajstić information content (AvgIpc) is 2.39. The zero-order valence-corrected chi connectivity index (χ0v) is 10.7. The first-order chi connectivity index (χ1) is 8.54. The molecule has 0 aliphatic carbocycles. The standard InChI is InChI=1S/C12H18N4O2/c1-8(10-6-4-5-7-14-10)15-9(2)11(17)16-12(18)13-3/h4-9,15H,1-3H3,(H2,13,16,17,18)/t8-,9?/m1/s1. The van der Waals surface area contributed by atoms with E-state index in [0.717, 1.165) is 5.69 Å². The van der Waals surface area contributed by atoms with Crippen LogP contribution >= 0.6 is 0 Å². The van der Waals surface area contributed by atoms with Crippen LogP contribution in [0.5, 0.6) is 0 Å². The number of pyridine rings is 1. The Hall–Kier alpha value is -1.95. The Morgan fingerprint density at radius 1 is 1.28 bits per heavy atom. The predicted octanol–water partition coefficient (Wildman–Crippen LogP) is 0.576. The number of nitrogens with one attached hydrogen (secondary N) is 3. The molecule has 6 nitrogen and oxygen atoms in total. The summed E-state index contributed by atoms with van der Waals surface area (Å²) >= 11 is 0. The van der Waals surface area contributed by atoms with Crippen molar-refractivity contribution in [2.75, 3.05) is 7.05 Å². The molecule has 0 aliphatic rings. The maximum absolute atomic E-state index is 11.6. The maximum atomic E-state index is 11.6. The van der Waals surface area contributed by atoms with Crippen LogP contribution in [-0.4, -0.2) is 30.0 Å². The van der Waals surface area contributed by atoms with Crippen molar-refractivity contribution in [3.63, 3.8) is 0 Å². The normalized spacial score (nSPS) is 13.5. The number of urea groups is 1. The van der Waals surface area contributed by atoms with Gasteiger partial charge in [0.1, 0.15) is 0 Å². The molecule has 0 saturated heterocycles. The third-order valence-corrected chi connectivity index (χ3v) is 2.49. The van der Waals surface area contributed by atoms with Crippen LogP contribution in [0.25, 0.3) is 0 Å². The first-order valence-corrected chi connectivity index (χ1v) is 5.74. The Morgan fingerprint density at radius 2 is 2.00 bits per heavy atom. The zero-order valence-electron chi connectivity index (χ0n) is 10.7. The number of rotatable bonds is 4. The highest BCUT2D eigenvalue weighted by Gasteiger charge is 2.18. The summed E-state index contributed by atoms with van der Waals surface area (Å²) in [6.07, 6.45) is 1.70. The molecule has 0 saturated carbocycles. The lowest BCUT2D eigenvalue weighted by Crippen LogP contribution is -2.47. The van der Waals surface area contributed by atoms with Crippen molar-refractivity contribution in [2.24, 2.45) is 0 Å². The summed E-state index contributed by atoms with van der Waals surface area (Å²) in [6, 6.07) is 4.52. The molecule has 0 spiro atoms. The monoisotopic (exact) mass is 250 g/mol. The molecule has 18 heavy (non-hydrogen) atoms. The van der Waals surface area contributed by atoms with Crippen molar-refractivity contribution >= 4 is 11.9 Å². The van der Waals surface area contributed by atoms with Gasteiger partial charge in [0.2, 0.25) is 5.91 Å². The Morgan fingerprint density at radius 3 is 2.56 bits per heavy atom. The van der Waals surface area contributed by atoms with E-state index in [9.17, 15) is 9.59 Å². The van der Waals surface area contributed by atoms with E-state index in [1.54, 1.807) is 13.1 Å². The van der Waals surface area contributed by atoms with E-state index in [-0.39, 0.29) is 11.9 Å². The fraction of sp³-hybridized carbons (Fsp3) is 0.417. The van der Waals surface area contributed by atoms with E-state index >= 15 is 0 Å². The highest BCUT2D eigenvalue weighted by molar-refractivity contribution is 5.96. The summed E-state index contributed by atoms with van der Waals surface area (Å²) in [6.45, 7) is 3.60. The highest BCUT2D eigenvalue weighted by Crippen LogP contribution is 2.08. The molecular formula is C12H18N4O2. The summed E-state index contributed by atoms with van der Waals surface area (Å²) in [7, 11) is 1.46. The summed E-state index contributed by atoms with van der Waals surface area (Å²) in [5, 5.41) is 7.61. The van der Waals surface area contributed by atoms with Crippen molar-refractivity contribution in [2.45, 2.75) is 25.9 Å². The molecule has 0 aliphatic heterocycles. The second kappa shape index (κ2) is 6.70. The van der Waals surface area contributed by atoms with Crippen LogP contribution in [0.4, 0.5) is 4.79 Å². The van der Waals surface area contributed by atoms with Gasteiger partial charge in [0, 0.05) is 19.3 Å². The van der Waals surface area contributed by atoms with Crippen LogP contribution in [0.1, 0.15) is 25.6 Å². The van der Waals surface area contributed by atoms with E-state index < -0.39 is 12.1 Å². The van der Waals surface area contributed by atoms with Crippen LogP contribution in [-0.2, 0) is 4.79 Å². The molecule has 98 valence electrons. The minimum Gasteiger partial charge on any atom is -0.341 e.